The van der Waals surface area contributed by atoms with Gasteiger partial charge in [-0.25, -0.2) is 0 Å². The molecule has 0 spiro atoms. The fourth-order valence-corrected chi connectivity index (χ4v) is 2.74. The Morgan fingerprint density at radius 1 is 1.20 bits per heavy atom. The molecule has 0 aromatic carbocycles. The Balaban J connectivity index is 5.02. The molecule has 5 N–H and O–H groups in total. The van der Waals surface area contributed by atoms with Gasteiger partial charge in [0, 0.05) is 5.57 Å². The van der Waals surface area contributed by atoms with Crippen molar-refractivity contribution in [2.24, 2.45) is 0 Å². The van der Waals surface area contributed by atoms with Crippen molar-refractivity contribution in [1.29, 1.82) is 0 Å². The second kappa shape index (κ2) is 4.57. The van der Waals surface area contributed by atoms with Gasteiger partial charge in [-0.3, -0.25) is 13.9 Å². The molecule has 15 heavy (non-hydrogen) atoms. The minimum atomic E-state index is -5.13. The van der Waals surface area contributed by atoms with Gasteiger partial charge in [0.25, 0.3) is 0 Å². The summed E-state index contributed by atoms with van der Waals surface area (Å²) in [6, 6.07) is 0. The van der Waals surface area contributed by atoms with Crippen molar-refractivity contribution in [3.63, 3.8) is 0 Å². The van der Waals surface area contributed by atoms with Crippen LogP contribution in [0.2, 0.25) is 0 Å². The highest BCUT2D eigenvalue weighted by Crippen LogP contribution is 2.58. The van der Waals surface area contributed by atoms with E-state index in [0.29, 0.717) is 0 Å². The third kappa shape index (κ3) is 4.70. The topological polar surface area (TPSA) is 144 Å². The smallest absolute Gasteiger partial charge is 0.328 e. The lowest BCUT2D eigenvalue weighted by molar-refractivity contribution is -0.117. The Hall–Kier alpha value is -0.490. The van der Waals surface area contributed by atoms with E-state index >= 15 is 0 Å². The molecule has 0 aliphatic rings. The Morgan fingerprint density at radius 3 is 1.73 bits per heavy atom. The van der Waals surface area contributed by atoms with E-state index in [4.69, 9.17) is 19.6 Å². The highest BCUT2D eigenvalue weighted by Gasteiger charge is 2.44. The lowest BCUT2D eigenvalue weighted by atomic mass is 10.3. The molecule has 8 nitrogen and oxygen atoms in total. The van der Waals surface area contributed by atoms with Crippen molar-refractivity contribution in [3.8, 4) is 0 Å². The normalized spacial score (nSPS) is 12.7. The van der Waals surface area contributed by atoms with E-state index < -0.39 is 26.6 Å². The number of nitrogens with one attached hydrogen (secondary N) is 1. The summed E-state index contributed by atoms with van der Waals surface area (Å²) < 4.78 is 21.4. The summed E-state index contributed by atoms with van der Waals surface area (Å²) in [5, 5.41) is 1.53. The van der Waals surface area contributed by atoms with E-state index in [1.807, 2.05) is 0 Å². The van der Waals surface area contributed by atoms with E-state index in [1.165, 1.54) is 12.2 Å². The summed E-state index contributed by atoms with van der Waals surface area (Å²) in [5.74, 6) is -1.04. The summed E-state index contributed by atoms with van der Waals surface area (Å²) in [6.07, 6.45) is 0. The van der Waals surface area contributed by atoms with Gasteiger partial charge in [0.1, 0.15) is 0 Å². The van der Waals surface area contributed by atoms with E-state index in [9.17, 15) is 13.9 Å². The molecule has 0 rings (SSSR count). The molecule has 0 fully saturated rings. The van der Waals surface area contributed by atoms with Gasteiger partial charge >= 0.3 is 15.2 Å². The number of rotatable bonds is 4. The molecular formula is C5H11NO7P2. The van der Waals surface area contributed by atoms with Crippen molar-refractivity contribution in [3.05, 3.63) is 12.2 Å². The van der Waals surface area contributed by atoms with Crippen LogP contribution in [-0.4, -0.2) is 31.0 Å². The lowest BCUT2D eigenvalue weighted by Gasteiger charge is -2.20. The van der Waals surface area contributed by atoms with Gasteiger partial charge in [-0.2, -0.15) is 0 Å². The van der Waals surface area contributed by atoms with Crippen molar-refractivity contribution >= 4 is 21.1 Å². The second-order valence-corrected chi connectivity index (χ2v) is 6.60. The van der Waals surface area contributed by atoms with Crippen LogP contribution in [0.4, 0.5) is 0 Å². The first-order valence-corrected chi connectivity index (χ1v) is 6.89. The summed E-state index contributed by atoms with van der Waals surface area (Å²) in [4.78, 5) is 45.4. The zero-order chi connectivity index (χ0) is 12.4. The lowest BCUT2D eigenvalue weighted by Crippen LogP contribution is -2.34. The Morgan fingerprint density at radius 2 is 1.53 bits per heavy atom. The van der Waals surface area contributed by atoms with E-state index in [1.54, 1.807) is 0 Å². The Bertz CT molecular complexity index is 344. The first-order chi connectivity index (χ1) is 6.46. The third-order valence-corrected chi connectivity index (χ3v) is 4.62. The van der Waals surface area contributed by atoms with Crippen LogP contribution in [-0.2, 0) is 13.9 Å². The molecule has 10 heteroatoms. The van der Waals surface area contributed by atoms with Gasteiger partial charge in [-0.15, -0.1) is 0 Å². The average molecular weight is 259 g/mol. The average Bonchev–Trinajstić information content (AvgIpc) is 1.94. The first kappa shape index (κ1) is 14.5. The maximum atomic E-state index is 10.9. The van der Waals surface area contributed by atoms with Gasteiger partial charge in [0.05, 0.1) is 0 Å². The van der Waals surface area contributed by atoms with Crippen LogP contribution < -0.4 is 5.32 Å². The molecule has 0 bridgehead atoms. The highest BCUT2D eigenvalue weighted by atomic mass is 31.2. The maximum absolute atomic E-state index is 10.9. The van der Waals surface area contributed by atoms with Crippen LogP contribution in [0.25, 0.3) is 0 Å². The summed E-state index contributed by atoms with van der Waals surface area (Å²) in [7, 11) is -10.3. The zero-order valence-corrected chi connectivity index (χ0v) is 9.48. The molecule has 0 atom stereocenters. The van der Waals surface area contributed by atoms with Gasteiger partial charge in [0.15, 0.2) is 0 Å². The molecule has 1 amide bonds. The van der Waals surface area contributed by atoms with E-state index in [-0.39, 0.29) is 5.57 Å². The SMILES string of the molecule is C=C(C)C(=O)NC(P(=O)(O)O)P(=O)(O)O. The molecule has 0 radical (unpaired) electrons. The van der Waals surface area contributed by atoms with Gasteiger partial charge in [0.2, 0.25) is 11.4 Å². The van der Waals surface area contributed by atoms with Crippen molar-refractivity contribution in [2.75, 3.05) is 0 Å². The van der Waals surface area contributed by atoms with Gasteiger partial charge < -0.3 is 24.9 Å². The van der Waals surface area contributed by atoms with Crippen LogP contribution >= 0.6 is 15.2 Å². The molecule has 88 valence electrons. The molecule has 0 aromatic rings. The Kier molecular flexibility index (Phi) is 4.42. The predicted octanol–water partition coefficient (Wildman–Crippen LogP) is -0.682. The highest BCUT2D eigenvalue weighted by molar-refractivity contribution is 7.70. The standard InChI is InChI=1S/C5H11NO7P2/c1-3(2)4(7)6-5(14(8,9)10)15(11,12)13/h5H,1H2,2H3,(H,6,7)(H2,8,9,10)(H2,11,12,13). The number of amides is 1. The van der Waals surface area contributed by atoms with Crippen molar-refractivity contribution in [2.45, 2.75) is 12.4 Å². The number of carbonyl (C=O) groups excluding carboxylic acids is 1. The van der Waals surface area contributed by atoms with Crippen molar-refractivity contribution < 1.29 is 33.5 Å². The van der Waals surface area contributed by atoms with Crippen LogP contribution in [0.15, 0.2) is 12.2 Å². The molecule has 0 aromatic heterocycles. The first-order valence-electron chi connectivity index (χ1n) is 3.53. The zero-order valence-electron chi connectivity index (χ0n) is 7.69. The minimum absolute atomic E-state index is 0.123. The molecule has 0 saturated heterocycles. The fourth-order valence-electron chi connectivity index (χ4n) is 0.605. The van der Waals surface area contributed by atoms with Gasteiger partial charge in [-0.1, -0.05) is 6.58 Å². The number of hydrogen-bond donors (Lipinski definition) is 5. The molecule has 0 unspecified atom stereocenters. The van der Waals surface area contributed by atoms with E-state index in [2.05, 4.69) is 6.58 Å². The monoisotopic (exact) mass is 259 g/mol. The fraction of sp³-hybridized carbons (Fsp3) is 0.400. The summed E-state index contributed by atoms with van der Waals surface area (Å²) in [6.45, 7) is 4.38. The molecule has 0 heterocycles. The quantitative estimate of drug-likeness (QED) is 0.332. The summed E-state index contributed by atoms with van der Waals surface area (Å²) >= 11 is 0. The van der Waals surface area contributed by atoms with E-state index in [0.717, 1.165) is 0 Å². The molecule has 0 saturated carbocycles. The van der Waals surface area contributed by atoms with Crippen LogP contribution in [0.5, 0.6) is 0 Å². The predicted molar refractivity (Wildman–Crippen MR) is 50.8 cm³/mol. The molecule has 0 aliphatic carbocycles. The third-order valence-electron chi connectivity index (χ3n) is 1.29. The maximum Gasteiger partial charge on any atom is 0.360 e. The van der Waals surface area contributed by atoms with Crippen LogP contribution in [0.3, 0.4) is 0 Å². The van der Waals surface area contributed by atoms with Crippen LogP contribution in [0.1, 0.15) is 6.92 Å². The Labute approximate surface area is 85.3 Å². The second-order valence-electron chi connectivity index (χ2n) is 2.81. The number of carbonyl (C=O) groups is 1. The van der Waals surface area contributed by atoms with Crippen LogP contribution in [0, 0.1) is 0 Å². The number of hydrogen-bond acceptors (Lipinski definition) is 3. The largest absolute Gasteiger partial charge is 0.360 e. The molecular weight excluding hydrogens is 248 g/mol. The summed E-state index contributed by atoms with van der Waals surface area (Å²) in [5.41, 5.74) is -2.66. The van der Waals surface area contributed by atoms with Gasteiger partial charge in [-0.05, 0) is 6.92 Å². The molecule has 0 aliphatic heterocycles. The minimum Gasteiger partial charge on any atom is -0.328 e. The van der Waals surface area contributed by atoms with Crippen molar-refractivity contribution in [1.82, 2.24) is 5.32 Å².